The summed E-state index contributed by atoms with van der Waals surface area (Å²) < 4.78 is 5.66. The number of aldehydes is 1. The van der Waals surface area contributed by atoms with Crippen molar-refractivity contribution in [2.24, 2.45) is 0 Å². The largest absolute Gasteiger partial charge is 0.493 e. The number of benzene rings is 2. The smallest absolute Gasteiger partial charge is 0.412 e. The highest BCUT2D eigenvalue weighted by atomic mass is 16.5. The monoisotopic (exact) mass is 341 g/mol. The first-order chi connectivity index (χ1) is 11.8. The maximum atomic E-state index is 11.5. The third-order valence-corrected chi connectivity index (χ3v) is 3.73. The van der Waals surface area contributed by atoms with Crippen LogP contribution in [-0.2, 0) is 6.42 Å². The molecule has 5 heteroatoms. The summed E-state index contributed by atoms with van der Waals surface area (Å²) in [6.07, 6.45) is 0.532. The second kappa shape index (κ2) is 7.83. The van der Waals surface area contributed by atoms with Gasteiger partial charge in [-0.2, -0.15) is 0 Å². The fraction of sp³-hybridized carbons (Fsp3) is 0.300. The van der Waals surface area contributed by atoms with E-state index in [2.05, 4.69) is 0 Å². The lowest BCUT2D eigenvalue weighted by Crippen LogP contribution is -2.45. The van der Waals surface area contributed by atoms with Crippen molar-refractivity contribution < 1.29 is 19.4 Å². The average Bonchev–Trinajstić information content (AvgIpc) is 2.55. The van der Waals surface area contributed by atoms with Gasteiger partial charge in [0.2, 0.25) is 0 Å². The Morgan fingerprint density at radius 3 is 2.16 bits per heavy atom. The first kappa shape index (κ1) is 18.5. The van der Waals surface area contributed by atoms with E-state index < -0.39 is 11.6 Å². The van der Waals surface area contributed by atoms with Crippen molar-refractivity contribution >= 4 is 18.1 Å². The van der Waals surface area contributed by atoms with Crippen LogP contribution >= 0.6 is 0 Å². The quantitative estimate of drug-likeness (QED) is 0.791. The Morgan fingerprint density at radius 1 is 1.08 bits per heavy atom. The van der Waals surface area contributed by atoms with Gasteiger partial charge in [0.15, 0.2) is 0 Å². The van der Waals surface area contributed by atoms with E-state index in [4.69, 9.17) is 4.74 Å². The number of amides is 1. The van der Waals surface area contributed by atoms with Crippen LogP contribution in [0.15, 0.2) is 48.5 Å². The van der Waals surface area contributed by atoms with Crippen molar-refractivity contribution in [3.05, 3.63) is 59.7 Å². The summed E-state index contributed by atoms with van der Waals surface area (Å²) in [7, 11) is 0. The van der Waals surface area contributed by atoms with Gasteiger partial charge in [0.25, 0.3) is 0 Å². The molecule has 0 aliphatic rings. The highest BCUT2D eigenvalue weighted by molar-refractivity contribution is 5.87. The van der Waals surface area contributed by atoms with Crippen molar-refractivity contribution in [2.45, 2.75) is 32.7 Å². The lowest BCUT2D eigenvalue weighted by Gasteiger charge is -2.33. The Balaban J connectivity index is 1.95. The van der Waals surface area contributed by atoms with Gasteiger partial charge in [-0.25, -0.2) is 4.79 Å². The number of rotatable bonds is 6. The van der Waals surface area contributed by atoms with E-state index in [1.165, 1.54) is 4.90 Å². The van der Waals surface area contributed by atoms with Crippen LogP contribution in [0.4, 0.5) is 10.5 Å². The topological polar surface area (TPSA) is 66.8 Å². The predicted molar refractivity (Wildman–Crippen MR) is 97.7 cm³/mol. The number of carboxylic acid groups (broad SMARTS) is 1. The molecule has 0 bridgehead atoms. The first-order valence-corrected chi connectivity index (χ1v) is 8.11. The highest BCUT2D eigenvalue weighted by Gasteiger charge is 2.27. The summed E-state index contributed by atoms with van der Waals surface area (Å²) >= 11 is 0. The van der Waals surface area contributed by atoms with E-state index in [0.29, 0.717) is 30.0 Å². The van der Waals surface area contributed by atoms with Crippen molar-refractivity contribution in [1.29, 1.82) is 0 Å². The number of ether oxygens (including phenoxy) is 1. The molecule has 2 aromatic rings. The van der Waals surface area contributed by atoms with Gasteiger partial charge >= 0.3 is 6.09 Å². The van der Waals surface area contributed by atoms with Crippen LogP contribution < -0.4 is 9.64 Å². The molecule has 0 unspecified atom stereocenters. The van der Waals surface area contributed by atoms with Gasteiger partial charge in [0.1, 0.15) is 12.0 Å². The SMILES string of the molecule is CC(C)(C)N(C(=O)O)c1ccc(CCOc2ccc(C=O)cc2)cc1. The van der Waals surface area contributed by atoms with Crippen LogP contribution in [0.25, 0.3) is 0 Å². The first-order valence-electron chi connectivity index (χ1n) is 8.11. The molecule has 0 fully saturated rings. The minimum atomic E-state index is -0.970. The molecule has 0 radical (unpaired) electrons. The van der Waals surface area contributed by atoms with Crippen molar-refractivity contribution in [2.75, 3.05) is 11.5 Å². The Bertz CT molecular complexity index is 715. The molecule has 1 N–H and O–H groups in total. The maximum Gasteiger partial charge on any atom is 0.412 e. The van der Waals surface area contributed by atoms with Crippen LogP contribution in [0.2, 0.25) is 0 Å². The Hall–Kier alpha value is -2.82. The van der Waals surface area contributed by atoms with E-state index in [1.54, 1.807) is 24.3 Å². The molecule has 2 rings (SSSR count). The van der Waals surface area contributed by atoms with Crippen LogP contribution in [0.5, 0.6) is 5.75 Å². The molecule has 0 saturated carbocycles. The van der Waals surface area contributed by atoms with E-state index in [1.807, 2.05) is 45.0 Å². The molecule has 0 saturated heterocycles. The lowest BCUT2D eigenvalue weighted by molar-refractivity contribution is 0.112. The zero-order valence-electron chi connectivity index (χ0n) is 14.7. The van der Waals surface area contributed by atoms with Gasteiger partial charge in [0, 0.05) is 23.2 Å². The fourth-order valence-electron chi connectivity index (χ4n) is 2.53. The van der Waals surface area contributed by atoms with Gasteiger partial charge < -0.3 is 9.84 Å². The maximum absolute atomic E-state index is 11.5. The normalized spacial score (nSPS) is 11.0. The summed E-state index contributed by atoms with van der Waals surface area (Å²) in [6, 6.07) is 14.4. The molecule has 0 aromatic heterocycles. The van der Waals surface area contributed by atoms with Gasteiger partial charge in [-0.15, -0.1) is 0 Å². The van der Waals surface area contributed by atoms with Crippen molar-refractivity contribution in [3.8, 4) is 5.75 Å². The second-order valence-corrected chi connectivity index (χ2v) is 6.74. The number of anilines is 1. The van der Waals surface area contributed by atoms with Gasteiger partial charge in [0.05, 0.1) is 6.61 Å². The van der Waals surface area contributed by atoms with E-state index in [-0.39, 0.29) is 0 Å². The number of nitrogens with zero attached hydrogens (tertiary/aromatic N) is 1. The summed E-state index contributed by atoms with van der Waals surface area (Å²) in [4.78, 5) is 23.5. The van der Waals surface area contributed by atoms with E-state index in [0.717, 1.165) is 11.8 Å². The van der Waals surface area contributed by atoms with E-state index in [9.17, 15) is 14.7 Å². The summed E-state index contributed by atoms with van der Waals surface area (Å²) in [5.74, 6) is 0.715. The molecule has 25 heavy (non-hydrogen) atoms. The van der Waals surface area contributed by atoms with Crippen LogP contribution in [-0.4, -0.2) is 29.6 Å². The molecule has 0 aliphatic carbocycles. The Labute approximate surface area is 147 Å². The van der Waals surface area contributed by atoms with Gasteiger partial charge in [-0.3, -0.25) is 9.69 Å². The molecule has 2 aromatic carbocycles. The molecule has 0 atom stereocenters. The van der Waals surface area contributed by atoms with Crippen LogP contribution in [0.1, 0.15) is 36.7 Å². The molecule has 132 valence electrons. The molecule has 1 amide bonds. The third-order valence-electron chi connectivity index (χ3n) is 3.73. The summed E-state index contributed by atoms with van der Waals surface area (Å²) in [5, 5.41) is 9.42. The van der Waals surface area contributed by atoms with Crippen LogP contribution in [0.3, 0.4) is 0 Å². The molecular formula is C20H23NO4. The van der Waals surface area contributed by atoms with Crippen molar-refractivity contribution in [1.82, 2.24) is 0 Å². The van der Waals surface area contributed by atoms with Gasteiger partial charge in [-0.1, -0.05) is 12.1 Å². The number of hydrogen-bond acceptors (Lipinski definition) is 3. The van der Waals surface area contributed by atoms with E-state index >= 15 is 0 Å². The Kier molecular flexibility index (Phi) is 5.80. The summed E-state index contributed by atoms with van der Waals surface area (Å²) in [6.45, 7) is 6.08. The highest BCUT2D eigenvalue weighted by Crippen LogP contribution is 2.24. The lowest BCUT2D eigenvalue weighted by atomic mass is 10.0. The number of hydrogen-bond donors (Lipinski definition) is 1. The summed E-state index contributed by atoms with van der Waals surface area (Å²) in [5.41, 5.74) is 1.82. The zero-order valence-corrected chi connectivity index (χ0v) is 14.7. The molecule has 0 spiro atoms. The molecular weight excluding hydrogens is 318 g/mol. The Morgan fingerprint density at radius 2 is 1.68 bits per heavy atom. The molecule has 0 heterocycles. The predicted octanol–water partition coefficient (Wildman–Crippen LogP) is 4.40. The molecule has 0 aliphatic heterocycles. The number of carbonyl (C=O) groups excluding carboxylic acids is 1. The molecule has 5 nitrogen and oxygen atoms in total. The second-order valence-electron chi connectivity index (χ2n) is 6.74. The standard InChI is InChI=1S/C20H23NO4/c1-20(2,3)21(19(23)24)17-8-4-15(5-9-17)12-13-25-18-10-6-16(14-22)7-11-18/h4-11,14H,12-13H2,1-3H3,(H,23,24). The van der Waals surface area contributed by atoms with Gasteiger partial charge in [-0.05, 0) is 62.7 Å². The minimum absolute atomic E-state index is 0.502. The minimum Gasteiger partial charge on any atom is -0.493 e. The number of carbonyl (C=O) groups is 2. The zero-order chi connectivity index (χ0) is 18.4. The third kappa shape index (κ3) is 5.08. The average molecular weight is 341 g/mol. The van der Waals surface area contributed by atoms with Crippen LogP contribution in [0, 0.1) is 0 Å². The fourth-order valence-corrected chi connectivity index (χ4v) is 2.53. The van der Waals surface area contributed by atoms with Crippen molar-refractivity contribution in [3.63, 3.8) is 0 Å².